The van der Waals surface area contributed by atoms with E-state index >= 15 is 0 Å². The van der Waals surface area contributed by atoms with Gasteiger partial charge in [-0.1, -0.05) is 20.8 Å². The minimum absolute atomic E-state index is 0.578. The zero-order valence-corrected chi connectivity index (χ0v) is 7.05. The molecule has 0 aliphatic carbocycles. The maximum atomic E-state index is 5.31. The van der Waals surface area contributed by atoms with Crippen LogP contribution in [0.2, 0.25) is 0 Å². The first-order valence-corrected chi connectivity index (χ1v) is 4.04. The summed E-state index contributed by atoms with van der Waals surface area (Å²) in [6, 6.07) is 1.16. The average Bonchev–Trinajstić information content (AvgIpc) is 2.15. The van der Waals surface area contributed by atoms with Crippen LogP contribution in [0.4, 0.5) is 0 Å². The van der Waals surface area contributed by atoms with E-state index in [0.29, 0.717) is 18.0 Å². The van der Waals surface area contributed by atoms with Crippen LogP contribution in [0.5, 0.6) is 0 Å². The van der Waals surface area contributed by atoms with Gasteiger partial charge in [0.15, 0.2) is 0 Å². The van der Waals surface area contributed by atoms with Crippen LogP contribution in [0.15, 0.2) is 0 Å². The van der Waals surface area contributed by atoms with Crippen LogP contribution in [-0.4, -0.2) is 25.3 Å². The molecule has 0 aromatic rings. The van der Waals surface area contributed by atoms with E-state index in [1.165, 1.54) is 0 Å². The smallest absolute Gasteiger partial charge is 0.0623 e. The molecule has 0 bridgehead atoms. The van der Waals surface area contributed by atoms with E-state index in [1.54, 1.807) is 0 Å². The molecule has 2 heteroatoms. The maximum Gasteiger partial charge on any atom is 0.0623 e. The second kappa shape index (κ2) is 3.35. The normalized spacial score (nSPS) is 33.6. The van der Waals surface area contributed by atoms with Crippen LogP contribution in [0.1, 0.15) is 20.8 Å². The van der Waals surface area contributed by atoms with Crippen LogP contribution < -0.4 is 5.32 Å². The monoisotopic (exact) mass is 143 g/mol. The van der Waals surface area contributed by atoms with E-state index in [9.17, 15) is 0 Å². The van der Waals surface area contributed by atoms with Crippen LogP contribution >= 0.6 is 0 Å². The quantitative estimate of drug-likeness (QED) is 0.623. The van der Waals surface area contributed by atoms with Crippen molar-refractivity contribution in [3.05, 3.63) is 0 Å². The van der Waals surface area contributed by atoms with Gasteiger partial charge in [-0.3, -0.25) is 0 Å². The predicted octanol–water partition coefficient (Wildman–Crippen LogP) is 1.02. The third-order valence-corrected chi connectivity index (χ3v) is 1.91. The molecule has 2 nitrogen and oxygen atoms in total. The zero-order valence-electron chi connectivity index (χ0n) is 7.05. The molecule has 1 saturated heterocycles. The maximum absolute atomic E-state index is 5.31. The molecule has 1 aliphatic heterocycles. The molecule has 0 amide bonds. The van der Waals surface area contributed by atoms with Crippen LogP contribution in [0.25, 0.3) is 0 Å². The van der Waals surface area contributed by atoms with Crippen molar-refractivity contribution in [3.63, 3.8) is 0 Å². The summed E-state index contributed by atoms with van der Waals surface area (Å²) in [5.41, 5.74) is 0. The van der Waals surface area contributed by atoms with Crippen molar-refractivity contribution in [1.82, 2.24) is 5.32 Å². The fourth-order valence-electron chi connectivity index (χ4n) is 1.30. The molecule has 1 aliphatic rings. The summed E-state index contributed by atoms with van der Waals surface area (Å²) in [6.07, 6.45) is 0. The van der Waals surface area contributed by atoms with E-state index in [2.05, 4.69) is 26.1 Å². The minimum Gasteiger partial charge on any atom is -0.379 e. The van der Waals surface area contributed by atoms with Gasteiger partial charge in [0.1, 0.15) is 0 Å². The molecule has 1 heterocycles. The molecular formula is C8H17NO. The van der Waals surface area contributed by atoms with E-state index in [-0.39, 0.29) is 0 Å². The Morgan fingerprint density at radius 3 is 2.50 bits per heavy atom. The lowest BCUT2D eigenvalue weighted by molar-refractivity contribution is 0.183. The first-order valence-electron chi connectivity index (χ1n) is 4.04. The summed E-state index contributed by atoms with van der Waals surface area (Å²) in [4.78, 5) is 0. The van der Waals surface area contributed by atoms with Gasteiger partial charge in [0.2, 0.25) is 0 Å². The molecule has 60 valence electrons. The van der Waals surface area contributed by atoms with E-state index in [1.807, 2.05) is 0 Å². The van der Waals surface area contributed by atoms with Gasteiger partial charge in [0, 0.05) is 12.1 Å². The Morgan fingerprint density at radius 2 is 2.10 bits per heavy atom. The SMILES string of the molecule is CC(C)N[C@@H]1COC[C@@H]1C. The first-order chi connectivity index (χ1) is 4.70. The molecular weight excluding hydrogens is 126 g/mol. The Bertz CT molecular complexity index is 103. The Hall–Kier alpha value is -0.0800. The van der Waals surface area contributed by atoms with Crippen molar-refractivity contribution in [2.45, 2.75) is 32.9 Å². The number of hydrogen-bond acceptors (Lipinski definition) is 2. The fourth-order valence-corrected chi connectivity index (χ4v) is 1.30. The van der Waals surface area contributed by atoms with Gasteiger partial charge in [-0.25, -0.2) is 0 Å². The van der Waals surface area contributed by atoms with Crippen molar-refractivity contribution >= 4 is 0 Å². The summed E-state index contributed by atoms with van der Waals surface area (Å²) in [5, 5.41) is 3.47. The molecule has 2 atom stereocenters. The highest BCUT2D eigenvalue weighted by molar-refractivity contribution is 4.79. The highest BCUT2D eigenvalue weighted by Crippen LogP contribution is 2.12. The highest BCUT2D eigenvalue weighted by atomic mass is 16.5. The second-order valence-electron chi connectivity index (χ2n) is 3.44. The van der Waals surface area contributed by atoms with Crippen molar-refractivity contribution < 1.29 is 4.74 Å². The molecule has 0 saturated carbocycles. The first kappa shape index (κ1) is 8.02. The van der Waals surface area contributed by atoms with Crippen LogP contribution in [-0.2, 0) is 4.74 Å². The number of nitrogens with one attached hydrogen (secondary N) is 1. The van der Waals surface area contributed by atoms with E-state index < -0.39 is 0 Å². The lowest BCUT2D eigenvalue weighted by atomic mass is 10.1. The lowest BCUT2D eigenvalue weighted by Gasteiger charge is -2.17. The number of ether oxygens (including phenoxy) is 1. The highest BCUT2D eigenvalue weighted by Gasteiger charge is 2.23. The topological polar surface area (TPSA) is 21.3 Å². The van der Waals surface area contributed by atoms with Gasteiger partial charge in [0.25, 0.3) is 0 Å². The molecule has 1 fully saturated rings. The Labute approximate surface area is 63.0 Å². The lowest BCUT2D eigenvalue weighted by Crippen LogP contribution is -2.38. The van der Waals surface area contributed by atoms with Gasteiger partial charge in [-0.15, -0.1) is 0 Å². The summed E-state index contributed by atoms with van der Waals surface area (Å²) in [7, 11) is 0. The van der Waals surface area contributed by atoms with Crippen molar-refractivity contribution in [3.8, 4) is 0 Å². The third-order valence-electron chi connectivity index (χ3n) is 1.91. The summed E-state index contributed by atoms with van der Waals surface area (Å²) < 4.78 is 5.31. The predicted molar refractivity (Wildman–Crippen MR) is 42.0 cm³/mol. The average molecular weight is 143 g/mol. The van der Waals surface area contributed by atoms with Gasteiger partial charge < -0.3 is 10.1 Å². The minimum atomic E-state index is 0.578. The fraction of sp³-hybridized carbons (Fsp3) is 1.00. The molecule has 10 heavy (non-hydrogen) atoms. The molecule has 0 unspecified atom stereocenters. The standard InChI is InChI=1S/C8H17NO/c1-6(2)9-8-5-10-4-7(8)3/h6-9H,4-5H2,1-3H3/t7-,8+/m0/s1. The number of hydrogen-bond donors (Lipinski definition) is 1. The van der Waals surface area contributed by atoms with E-state index in [0.717, 1.165) is 13.2 Å². The third kappa shape index (κ3) is 1.96. The Morgan fingerprint density at radius 1 is 1.40 bits per heavy atom. The number of rotatable bonds is 2. The van der Waals surface area contributed by atoms with Gasteiger partial charge in [0.05, 0.1) is 13.2 Å². The molecule has 0 aromatic carbocycles. The molecule has 0 aromatic heterocycles. The van der Waals surface area contributed by atoms with Crippen LogP contribution in [0, 0.1) is 5.92 Å². The largest absolute Gasteiger partial charge is 0.379 e. The van der Waals surface area contributed by atoms with Gasteiger partial charge in [-0.2, -0.15) is 0 Å². The van der Waals surface area contributed by atoms with Crippen molar-refractivity contribution in [1.29, 1.82) is 0 Å². The Balaban J connectivity index is 2.26. The van der Waals surface area contributed by atoms with Crippen LogP contribution in [0.3, 0.4) is 0 Å². The van der Waals surface area contributed by atoms with Gasteiger partial charge in [-0.05, 0) is 5.92 Å². The molecule has 0 radical (unpaired) electrons. The summed E-state index contributed by atoms with van der Waals surface area (Å²) in [5.74, 6) is 0.683. The summed E-state index contributed by atoms with van der Waals surface area (Å²) >= 11 is 0. The molecule has 1 rings (SSSR count). The summed E-state index contributed by atoms with van der Waals surface area (Å²) in [6.45, 7) is 8.38. The van der Waals surface area contributed by atoms with E-state index in [4.69, 9.17) is 4.74 Å². The second-order valence-corrected chi connectivity index (χ2v) is 3.44. The Kier molecular flexibility index (Phi) is 2.69. The van der Waals surface area contributed by atoms with Crippen molar-refractivity contribution in [2.24, 2.45) is 5.92 Å². The zero-order chi connectivity index (χ0) is 7.56. The van der Waals surface area contributed by atoms with Crippen molar-refractivity contribution in [2.75, 3.05) is 13.2 Å². The molecule has 0 spiro atoms. The van der Waals surface area contributed by atoms with Gasteiger partial charge >= 0.3 is 0 Å². The molecule has 1 N–H and O–H groups in total.